The van der Waals surface area contributed by atoms with E-state index in [1.807, 2.05) is 42.5 Å². The summed E-state index contributed by atoms with van der Waals surface area (Å²) in [5.41, 5.74) is 3.51. The van der Waals surface area contributed by atoms with Crippen molar-refractivity contribution in [1.29, 1.82) is 0 Å². The van der Waals surface area contributed by atoms with Gasteiger partial charge in [0.25, 0.3) is 5.56 Å². The molecule has 0 radical (unpaired) electrons. The predicted octanol–water partition coefficient (Wildman–Crippen LogP) is 3.92. The lowest BCUT2D eigenvalue weighted by Gasteiger charge is -2.34. The van der Waals surface area contributed by atoms with Crippen molar-refractivity contribution in [2.24, 2.45) is 0 Å². The average molecular weight is 511 g/mol. The Morgan fingerprint density at radius 3 is 2.50 bits per heavy atom. The first-order chi connectivity index (χ1) is 18.6. The fraction of sp³-hybridized carbons (Fsp3) is 0.276. The van der Waals surface area contributed by atoms with Crippen LogP contribution in [0.3, 0.4) is 0 Å². The standard InChI is InChI=1S/C29H30N6O3/c1-33-13-15-34(16-14-33)24-10-8-23(9-11-24)31-29-30-18-22-7-12-27(36)35(28(22)32-29)25(26-19-37-20-38-26)17-21-5-3-2-4-6-21/h2-12,18-19,25H,13-17,20H2,1H3,(H,30,31,32). The number of fused-ring (bicyclic) bond motifs is 1. The number of pyridine rings is 1. The van der Waals surface area contributed by atoms with Crippen LogP contribution in [0, 0.1) is 0 Å². The van der Waals surface area contributed by atoms with Crippen LogP contribution in [0.4, 0.5) is 17.3 Å². The Labute approximate surface area is 221 Å². The summed E-state index contributed by atoms with van der Waals surface area (Å²) in [6.45, 7) is 4.29. The van der Waals surface area contributed by atoms with Crippen molar-refractivity contribution in [1.82, 2.24) is 19.4 Å². The molecule has 4 heterocycles. The smallest absolute Gasteiger partial charge is 0.252 e. The zero-order valence-corrected chi connectivity index (χ0v) is 21.3. The van der Waals surface area contributed by atoms with Crippen molar-refractivity contribution >= 4 is 28.4 Å². The normalized spacial score (nSPS) is 16.6. The van der Waals surface area contributed by atoms with Gasteiger partial charge in [-0.3, -0.25) is 9.36 Å². The quantitative estimate of drug-likeness (QED) is 0.401. The molecule has 0 saturated carbocycles. The minimum absolute atomic E-state index is 0.131. The Kier molecular flexibility index (Phi) is 6.66. The van der Waals surface area contributed by atoms with Gasteiger partial charge in [-0.15, -0.1) is 0 Å². The van der Waals surface area contributed by atoms with Crippen molar-refractivity contribution in [3.8, 4) is 0 Å². The van der Waals surface area contributed by atoms with Gasteiger partial charge in [-0.05, 0) is 42.9 Å². The lowest BCUT2D eigenvalue weighted by atomic mass is 10.0. The SMILES string of the molecule is CN1CCN(c2ccc(Nc3ncc4ccc(=O)n(C(Cc5ccccc5)C5=COCO5)c4n3)cc2)CC1. The van der Waals surface area contributed by atoms with Crippen LogP contribution in [0.5, 0.6) is 0 Å². The average Bonchev–Trinajstić information content (AvgIpc) is 3.49. The zero-order valence-electron chi connectivity index (χ0n) is 21.3. The first-order valence-electron chi connectivity index (χ1n) is 12.8. The highest BCUT2D eigenvalue weighted by molar-refractivity contribution is 5.76. The highest BCUT2D eigenvalue weighted by Gasteiger charge is 2.26. The molecule has 1 N–H and O–H groups in total. The molecule has 1 unspecified atom stereocenters. The maximum absolute atomic E-state index is 13.3. The van der Waals surface area contributed by atoms with E-state index in [0.717, 1.165) is 42.8 Å². The zero-order chi connectivity index (χ0) is 25.9. The van der Waals surface area contributed by atoms with Gasteiger partial charge in [0.15, 0.2) is 5.76 Å². The third-order valence-electron chi connectivity index (χ3n) is 7.06. The molecule has 194 valence electrons. The van der Waals surface area contributed by atoms with Gasteiger partial charge in [0, 0.05) is 61.6 Å². The molecule has 38 heavy (non-hydrogen) atoms. The summed E-state index contributed by atoms with van der Waals surface area (Å²) in [6.07, 6.45) is 3.87. The number of likely N-dealkylation sites (N-methyl/N-ethyl adjacent to an activating group) is 1. The van der Waals surface area contributed by atoms with Gasteiger partial charge in [-0.2, -0.15) is 4.98 Å². The van der Waals surface area contributed by atoms with Crippen molar-refractivity contribution in [2.45, 2.75) is 12.5 Å². The van der Waals surface area contributed by atoms with Gasteiger partial charge in [0.1, 0.15) is 18.0 Å². The van der Waals surface area contributed by atoms with Gasteiger partial charge >= 0.3 is 0 Å². The summed E-state index contributed by atoms with van der Waals surface area (Å²) in [7, 11) is 2.16. The Hall–Kier alpha value is -4.37. The molecule has 9 heteroatoms. The first kappa shape index (κ1) is 24.0. The van der Waals surface area contributed by atoms with Crippen molar-refractivity contribution < 1.29 is 9.47 Å². The van der Waals surface area contributed by atoms with Crippen LogP contribution in [0.25, 0.3) is 11.0 Å². The molecule has 1 atom stereocenters. The maximum Gasteiger partial charge on any atom is 0.252 e. The van der Waals surface area contributed by atoms with E-state index in [2.05, 4.69) is 39.3 Å². The Bertz CT molecular complexity index is 1490. The predicted molar refractivity (Wildman–Crippen MR) is 148 cm³/mol. The van der Waals surface area contributed by atoms with Gasteiger partial charge < -0.3 is 24.6 Å². The van der Waals surface area contributed by atoms with Crippen LogP contribution < -0.4 is 15.8 Å². The largest absolute Gasteiger partial charge is 0.462 e. The number of nitrogens with zero attached hydrogens (tertiary/aromatic N) is 5. The molecule has 2 aliphatic rings. The molecule has 1 fully saturated rings. The molecular formula is C29H30N6O3. The highest BCUT2D eigenvalue weighted by Crippen LogP contribution is 2.29. The van der Waals surface area contributed by atoms with E-state index in [0.29, 0.717) is 23.8 Å². The van der Waals surface area contributed by atoms with Crippen LogP contribution in [0.1, 0.15) is 11.6 Å². The molecule has 9 nitrogen and oxygen atoms in total. The van der Waals surface area contributed by atoms with Crippen molar-refractivity contribution in [3.63, 3.8) is 0 Å². The van der Waals surface area contributed by atoms with E-state index >= 15 is 0 Å². The second-order valence-corrected chi connectivity index (χ2v) is 9.63. The third-order valence-corrected chi connectivity index (χ3v) is 7.06. The number of benzene rings is 2. The van der Waals surface area contributed by atoms with Gasteiger partial charge in [-0.1, -0.05) is 30.3 Å². The number of rotatable bonds is 7. The van der Waals surface area contributed by atoms with Crippen LogP contribution >= 0.6 is 0 Å². The second-order valence-electron chi connectivity index (χ2n) is 9.63. The fourth-order valence-electron chi connectivity index (χ4n) is 4.93. The maximum atomic E-state index is 13.3. The van der Waals surface area contributed by atoms with E-state index in [1.165, 1.54) is 5.69 Å². The third kappa shape index (κ3) is 5.05. The molecule has 6 rings (SSSR count). The summed E-state index contributed by atoms with van der Waals surface area (Å²) >= 11 is 0. The number of piperazine rings is 1. The van der Waals surface area contributed by atoms with E-state index in [4.69, 9.17) is 14.5 Å². The topological polar surface area (TPSA) is 84.8 Å². The Morgan fingerprint density at radius 2 is 1.76 bits per heavy atom. The Balaban J connectivity index is 1.31. The van der Waals surface area contributed by atoms with Crippen LogP contribution in [-0.4, -0.2) is 59.5 Å². The molecule has 0 bridgehead atoms. The van der Waals surface area contributed by atoms with Crippen LogP contribution in [0.2, 0.25) is 0 Å². The van der Waals surface area contributed by atoms with Gasteiger partial charge in [0.05, 0.1) is 0 Å². The lowest BCUT2D eigenvalue weighted by Crippen LogP contribution is -2.44. The number of aromatic nitrogens is 3. The number of allylic oxidation sites excluding steroid dienone is 1. The van der Waals surface area contributed by atoms with E-state index in [9.17, 15) is 4.79 Å². The summed E-state index contributed by atoms with van der Waals surface area (Å²) < 4.78 is 12.8. The molecule has 2 aromatic carbocycles. The van der Waals surface area contributed by atoms with E-state index in [-0.39, 0.29) is 12.4 Å². The molecular weight excluding hydrogens is 480 g/mol. The second kappa shape index (κ2) is 10.5. The van der Waals surface area contributed by atoms with Gasteiger partial charge in [0.2, 0.25) is 12.7 Å². The summed E-state index contributed by atoms with van der Waals surface area (Å²) in [4.78, 5) is 27.3. The molecule has 0 spiro atoms. The molecule has 2 aromatic heterocycles. The first-order valence-corrected chi connectivity index (χ1v) is 12.8. The minimum atomic E-state index is -0.415. The fourth-order valence-corrected chi connectivity index (χ4v) is 4.93. The van der Waals surface area contributed by atoms with Crippen molar-refractivity contribution in [2.75, 3.05) is 50.2 Å². The van der Waals surface area contributed by atoms with Crippen LogP contribution in [0.15, 0.2) is 89.7 Å². The Morgan fingerprint density at radius 1 is 0.974 bits per heavy atom. The van der Waals surface area contributed by atoms with Crippen molar-refractivity contribution in [3.05, 3.63) is 101 Å². The highest BCUT2D eigenvalue weighted by atomic mass is 16.7. The number of anilines is 3. The number of ether oxygens (including phenoxy) is 2. The summed E-state index contributed by atoms with van der Waals surface area (Å²) in [5, 5.41) is 4.07. The summed E-state index contributed by atoms with van der Waals surface area (Å²) in [5.74, 6) is 1.01. The minimum Gasteiger partial charge on any atom is -0.462 e. The lowest BCUT2D eigenvalue weighted by molar-refractivity contribution is 0.0712. The number of hydrogen-bond donors (Lipinski definition) is 1. The summed E-state index contributed by atoms with van der Waals surface area (Å²) in [6, 6.07) is 21.2. The molecule has 0 aliphatic carbocycles. The number of nitrogens with one attached hydrogen (secondary N) is 1. The molecule has 4 aromatic rings. The van der Waals surface area contributed by atoms with E-state index in [1.54, 1.807) is 29.2 Å². The molecule has 0 amide bonds. The van der Waals surface area contributed by atoms with Gasteiger partial charge in [-0.25, -0.2) is 4.98 Å². The monoisotopic (exact) mass is 510 g/mol. The molecule has 2 aliphatic heterocycles. The molecule has 1 saturated heterocycles. The van der Waals surface area contributed by atoms with E-state index < -0.39 is 6.04 Å². The van der Waals surface area contributed by atoms with Crippen LogP contribution in [-0.2, 0) is 15.9 Å². The number of hydrogen-bond acceptors (Lipinski definition) is 8.